The Hall–Kier alpha value is -1.45. The zero-order chi connectivity index (χ0) is 9.14. The van der Waals surface area contributed by atoms with Gasteiger partial charge in [-0.05, 0) is 18.6 Å². The van der Waals surface area contributed by atoms with Crippen LogP contribution in [0.3, 0.4) is 0 Å². The fraction of sp³-hybridized carbons (Fsp3) is 0.125. The standard InChI is InChI=1S/C8H7F2NO/c1-6-4-2-3-5-7(6)8(12)11(9)10/h2-5H,1H3. The number of amides is 1. The Balaban J connectivity index is 3.03. The van der Waals surface area contributed by atoms with Gasteiger partial charge in [-0.3, -0.25) is 4.79 Å². The highest BCUT2D eigenvalue weighted by Crippen LogP contribution is 2.10. The lowest BCUT2D eigenvalue weighted by Gasteiger charge is -2.03. The summed E-state index contributed by atoms with van der Waals surface area (Å²) in [6, 6.07) is 6.21. The number of carbonyl (C=O) groups is 1. The van der Waals surface area contributed by atoms with Crippen molar-refractivity contribution in [2.45, 2.75) is 6.92 Å². The Kier molecular flexibility index (Phi) is 2.38. The van der Waals surface area contributed by atoms with Gasteiger partial charge in [0.2, 0.25) is 0 Å². The van der Waals surface area contributed by atoms with E-state index >= 15 is 0 Å². The van der Waals surface area contributed by atoms with Crippen molar-refractivity contribution in [2.24, 2.45) is 0 Å². The lowest BCUT2D eigenvalue weighted by Crippen LogP contribution is -2.14. The second kappa shape index (κ2) is 3.30. The SMILES string of the molecule is Cc1ccccc1C(=O)N(F)F. The molecule has 0 N–H and O–H groups in total. The van der Waals surface area contributed by atoms with Crippen LogP contribution in [0.15, 0.2) is 24.3 Å². The van der Waals surface area contributed by atoms with Crippen molar-refractivity contribution < 1.29 is 13.8 Å². The molecule has 0 aromatic heterocycles. The number of hydrogen-bond donors (Lipinski definition) is 0. The molecule has 0 aliphatic carbocycles. The average Bonchev–Trinajstić information content (AvgIpc) is 2.04. The average molecular weight is 171 g/mol. The Morgan fingerprint density at radius 1 is 1.33 bits per heavy atom. The monoisotopic (exact) mass is 171 g/mol. The van der Waals surface area contributed by atoms with E-state index in [0.717, 1.165) is 0 Å². The molecular formula is C8H7F2NO. The maximum atomic E-state index is 11.8. The number of hydrogen-bond acceptors (Lipinski definition) is 1. The normalized spacial score (nSPS) is 9.58. The Morgan fingerprint density at radius 2 is 1.92 bits per heavy atom. The fourth-order valence-electron chi connectivity index (χ4n) is 0.904. The predicted molar refractivity (Wildman–Crippen MR) is 39.6 cm³/mol. The topological polar surface area (TPSA) is 20.3 Å². The molecule has 0 spiro atoms. The van der Waals surface area contributed by atoms with Crippen LogP contribution in [0.2, 0.25) is 0 Å². The van der Waals surface area contributed by atoms with Crippen LogP contribution in [0.25, 0.3) is 0 Å². The van der Waals surface area contributed by atoms with Gasteiger partial charge in [0.05, 0.1) is 0 Å². The highest BCUT2D eigenvalue weighted by atomic mass is 19.4. The maximum absolute atomic E-state index is 11.8. The maximum Gasteiger partial charge on any atom is 0.314 e. The van der Waals surface area contributed by atoms with E-state index in [2.05, 4.69) is 0 Å². The first-order valence-electron chi connectivity index (χ1n) is 3.34. The lowest BCUT2D eigenvalue weighted by atomic mass is 10.1. The van der Waals surface area contributed by atoms with Gasteiger partial charge in [0.15, 0.2) is 0 Å². The van der Waals surface area contributed by atoms with Gasteiger partial charge in [-0.25, -0.2) is 0 Å². The summed E-state index contributed by atoms with van der Waals surface area (Å²) in [6.45, 7) is 1.61. The van der Waals surface area contributed by atoms with Crippen molar-refractivity contribution in [3.8, 4) is 0 Å². The fourth-order valence-corrected chi connectivity index (χ4v) is 0.904. The van der Waals surface area contributed by atoms with Gasteiger partial charge < -0.3 is 0 Å². The Labute approximate surface area is 68.3 Å². The molecular weight excluding hydrogens is 164 g/mol. The Morgan fingerprint density at radius 3 is 2.42 bits per heavy atom. The molecule has 0 fully saturated rings. The molecule has 0 heterocycles. The molecule has 1 amide bonds. The molecule has 0 saturated carbocycles. The smallest absolute Gasteiger partial charge is 0.263 e. The van der Waals surface area contributed by atoms with E-state index in [4.69, 9.17) is 0 Å². The zero-order valence-corrected chi connectivity index (χ0v) is 6.42. The van der Waals surface area contributed by atoms with Crippen molar-refractivity contribution in [1.82, 2.24) is 5.34 Å². The quantitative estimate of drug-likeness (QED) is 0.593. The summed E-state index contributed by atoms with van der Waals surface area (Å²) in [6.07, 6.45) is 0. The number of nitrogens with zero attached hydrogens (tertiary/aromatic N) is 1. The summed E-state index contributed by atoms with van der Waals surface area (Å²) in [5.74, 6) is -1.27. The van der Waals surface area contributed by atoms with Gasteiger partial charge in [-0.15, -0.1) is 0 Å². The van der Waals surface area contributed by atoms with Crippen LogP contribution < -0.4 is 0 Å². The molecule has 12 heavy (non-hydrogen) atoms. The molecule has 1 aromatic carbocycles. The molecule has 0 atom stereocenters. The van der Waals surface area contributed by atoms with Gasteiger partial charge >= 0.3 is 5.91 Å². The van der Waals surface area contributed by atoms with Crippen LogP contribution in [-0.2, 0) is 0 Å². The highest BCUT2D eigenvalue weighted by Gasteiger charge is 2.15. The number of rotatable bonds is 1. The number of aryl methyl sites for hydroxylation is 1. The molecule has 4 heteroatoms. The van der Waals surface area contributed by atoms with Crippen molar-refractivity contribution in [3.63, 3.8) is 0 Å². The molecule has 1 rings (SSSR count). The number of halogens is 2. The van der Waals surface area contributed by atoms with Gasteiger partial charge in [0.1, 0.15) is 0 Å². The van der Waals surface area contributed by atoms with Crippen LogP contribution in [0.5, 0.6) is 0 Å². The van der Waals surface area contributed by atoms with E-state index in [-0.39, 0.29) is 5.56 Å². The lowest BCUT2D eigenvalue weighted by molar-refractivity contribution is -0.108. The van der Waals surface area contributed by atoms with Crippen molar-refractivity contribution in [1.29, 1.82) is 0 Å². The summed E-state index contributed by atoms with van der Waals surface area (Å²) < 4.78 is 23.6. The number of carbonyl (C=O) groups excluding carboxylic acids is 1. The summed E-state index contributed by atoms with van der Waals surface area (Å²) in [5, 5.41) is -1.41. The molecule has 64 valence electrons. The first-order valence-corrected chi connectivity index (χ1v) is 3.34. The second-order valence-corrected chi connectivity index (χ2v) is 2.35. The molecule has 0 unspecified atom stereocenters. The van der Waals surface area contributed by atoms with Gasteiger partial charge in [0.25, 0.3) is 0 Å². The summed E-state index contributed by atoms with van der Waals surface area (Å²) in [4.78, 5) is 10.7. The molecule has 1 aromatic rings. The summed E-state index contributed by atoms with van der Waals surface area (Å²) >= 11 is 0. The van der Waals surface area contributed by atoms with Crippen LogP contribution in [0, 0.1) is 6.92 Å². The summed E-state index contributed by atoms with van der Waals surface area (Å²) in [7, 11) is 0. The van der Waals surface area contributed by atoms with Crippen molar-refractivity contribution in [2.75, 3.05) is 0 Å². The molecule has 0 saturated heterocycles. The van der Waals surface area contributed by atoms with E-state index in [1.165, 1.54) is 6.07 Å². The van der Waals surface area contributed by atoms with Gasteiger partial charge in [0, 0.05) is 10.9 Å². The third-order valence-corrected chi connectivity index (χ3v) is 1.53. The van der Waals surface area contributed by atoms with E-state index < -0.39 is 11.3 Å². The molecule has 0 aliphatic heterocycles. The predicted octanol–water partition coefficient (Wildman–Crippen LogP) is 2.21. The van der Waals surface area contributed by atoms with Crippen LogP contribution >= 0.6 is 0 Å². The van der Waals surface area contributed by atoms with Crippen LogP contribution in [-0.4, -0.2) is 11.3 Å². The summed E-state index contributed by atoms with van der Waals surface area (Å²) in [5.41, 5.74) is 0.574. The first-order chi connectivity index (χ1) is 5.63. The minimum atomic E-state index is -1.41. The molecule has 0 bridgehead atoms. The largest absolute Gasteiger partial charge is 0.314 e. The van der Waals surface area contributed by atoms with Gasteiger partial charge in [-0.1, -0.05) is 27.2 Å². The third kappa shape index (κ3) is 1.58. The number of benzene rings is 1. The molecule has 0 radical (unpaired) electrons. The minimum absolute atomic E-state index is 0.0301. The zero-order valence-electron chi connectivity index (χ0n) is 6.42. The Bertz CT molecular complexity index is 299. The highest BCUT2D eigenvalue weighted by molar-refractivity contribution is 5.94. The van der Waals surface area contributed by atoms with Crippen molar-refractivity contribution in [3.05, 3.63) is 35.4 Å². The third-order valence-electron chi connectivity index (χ3n) is 1.53. The molecule has 0 aliphatic rings. The molecule has 2 nitrogen and oxygen atoms in total. The van der Waals surface area contributed by atoms with Crippen molar-refractivity contribution >= 4 is 5.91 Å². The van der Waals surface area contributed by atoms with Gasteiger partial charge in [-0.2, -0.15) is 0 Å². The van der Waals surface area contributed by atoms with E-state index in [9.17, 15) is 13.8 Å². The van der Waals surface area contributed by atoms with Crippen LogP contribution in [0.1, 0.15) is 15.9 Å². The first kappa shape index (κ1) is 8.64. The second-order valence-electron chi connectivity index (χ2n) is 2.35. The van der Waals surface area contributed by atoms with E-state index in [1.54, 1.807) is 25.1 Å². The van der Waals surface area contributed by atoms with E-state index in [0.29, 0.717) is 5.56 Å². The van der Waals surface area contributed by atoms with E-state index in [1.807, 2.05) is 0 Å². The minimum Gasteiger partial charge on any atom is -0.263 e. The van der Waals surface area contributed by atoms with Crippen LogP contribution in [0.4, 0.5) is 8.96 Å².